The van der Waals surface area contributed by atoms with Gasteiger partial charge in [0.25, 0.3) is 5.56 Å². The van der Waals surface area contributed by atoms with Crippen molar-refractivity contribution in [2.24, 2.45) is 0 Å². The highest BCUT2D eigenvalue weighted by molar-refractivity contribution is 6.09. The maximum atomic E-state index is 15.5. The molecular weight excluding hydrogens is 609 g/mol. The first kappa shape index (κ1) is 31.0. The molecule has 0 saturated carbocycles. The van der Waals surface area contributed by atoms with Crippen molar-refractivity contribution in [1.29, 1.82) is 0 Å². The van der Waals surface area contributed by atoms with Gasteiger partial charge in [-0.15, -0.1) is 0 Å². The van der Waals surface area contributed by atoms with Crippen LogP contribution < -0.4 is 15.5 Å². The van der Waals surface area contributed by atoms with Gasteiger partial charge in [0, 0.05) is 29.8 Å². The molecule has 7 nitrogen and oxygen atoms in total. The summed E-state index contributed by atoms with van der Waals surface area (Å²) in [4.78, 5) is 42.4. The van der Waals surface area contributed by atoms with Crippen LogP contribution in [-0.2, 0) is 24.1 Å². The SMILES string of the molecule is Cc1c(-c2cccc(OCl)c2F)c(=O)n(C[C@@H](c2ccccc2)N2CCCC2=O)c(=O)n1Cc1c(F)cccc1C(F)(F)F. The van der Waals surface area contributed by atoms with E-state index in [2.05, 4.69) is 4.29 Å². The van der Waals surface area contributed by atoms with Crippen molar-refractivity contribution in [2.75, 3.05) is 6.54 Å². The van der Waals surface area contributed by atoms with Gasteiger partial charge in [-0.25, -0.2) is 13.6 Å². The van der Waals surface area contributed by atoms with Gasteiger partial charge >= 0.3 is 11.9 Å². The number of hydrogen-bond acceptors (Lipinski definition) is 4. The lowest BCUT2D eigenvalue weighted by Gasteiger charge is -2.29. The van der Waals surface area contributed by atoms with Crippen molar-refractivity contribution >= 4 is 17.8 Å². The summed E-state index contributed by atoms with van der Waals surface area (Å²) >= 11 is 5.40. The summed E-state index contributed by atoms with van der Waals surface area (Å²) in [5, 5.41) is 0. The van der Waals surface area contributed by atoms with Gasteiger partial charge in [-0.1, -0.05) is 48.5 Å². The lowest BCUT2D eigenvalue weighted by Crippen LogP contribution is -2.45. The van der Waals surface area contributed by atoms with E-state index < -0.39 is 65.1 Å². The van der Waals surface area contributed by atoms with Gasteiger partial charge in [-0.05, 0) is 37.1 Å². The number of hydrogen-bond donors (Lipinski definition) is 0. The molecule has 2 heterocycles. The molecule has 1 atom stereocenters. The van der Waals surface area contributed by atoms with Crippen LogP contribution in [0.3, 0.4) is 0 Å². The van der Waals surface area contributed by atoms with Crippen LogP contribution in [0.4, 0.5) is 22.0 Å². The van der Waals surface area contributed by atoms with E-state index in [4.69, 9.17) is 11.9 Å². The van der Waals surface area contributed by atoms with E-state index in [1.165, 1.54) is 30.0 Å². The van der Waals surface area contributed by atoms with Gasteiger partial charge in [0.05, 0.1) is 30.3 Å². The fourth-order valence-corrected chi connectivity index (χ4v) is 5.71. The fraction of sp³-hybridized carbons (Fsp3) is 0.258. The summed E-state index contributed by atoms with van der Waals surface area (Å²) in [6.07, 6.45) is -4.16. The molecule has 3 aromatic carbocycles. The molecule has 230 valence electrons. The molecule has 5 rings (SSSR count). The third-order valence-electron chi connectivity index (χ3n) is 7.77. The second-order valence-corrected chi connectivity index (χ2v) is 10.5. The summed E-state index contributed by atoms with van der Waals surface area (Å²) in [5.74, 6) is -2.93. The fourth-order valence-electron chi connectivity index (χ4n) is 5.60. The Morgan fingerprint density at radius 1 is 0.932 bits per heavy atom. The number of rotatable bonds is 8. The highest BCUT2D eigenvalue weighted by Gasteiger charge is 2.36. The summed E-state index contributed by atoms with van der Waals surface area (Å²) in [6.45, 7) is 0.264. The Morgan fingerprint density at radius 2 is 1.64 bits per heavy atom. The van der Waals surface area contributed by atoms with Crippen LogP contribution in [0.25, 0.3) is 11.1 Å². The molecule has 0 spiro atoms. The molecule has 1 saturated heterocycles. The quantitative estimate of drug-likeness (QED) is 0.216. The van der Waals surface area contributed by atoms with Crippen molar-refractivity contribution < 1.29 is 31.0 Å². The molecule has 44 heavy (non-hydrogen) atoms. The second kappa shape index (κ2) is 12.3. The van der Waals surface area contributed by atoms with E-state index in [0.29, 0.717) is 24.6 Å². The molecule has 1 aliphatic rings. The average molecular weight is 634 g/mol. The highest BCUT2D eigenvalue weighted by Crippen LogP contribution is 2.35. The van der Waals surface area contributed by atoms with Gasteiger partial charge in [0.15, 0.2) is 11.6 Å². The van der Waals surface area contributed by atoms with Crippen molar-refractivity contribution in [2.45, 2.75) is 45.1 Å². The first-order valence-electron chi connectivity index (χ1n) is 13.5. The van der Waals surface area contributed by atoms with Crippen LogP contribution in [0, 0.1) is 18.6 Å². The Hall–Kier alpha value is -4.45. The number of benzene rings is 3. The van der Waals surface area contributed by atoms with E-state index in [-0.39, 0.29) is 29.1 Å². The third-order valence-corrected chi connectivity index (χ3v) is 7.94. The highest BCUT2D eigenvalue weighted by atomic mass is 35.5. The molecule has 0 bridgehead atoms. The summed E-state index contributed by atoms with van der Waals surface area (Å²) in [5.41, 5.74) is -4.51. The number of aromatic nitrogens is 2. The topological polar surface area (TPSA) is 73.5 Å². The van der Waals surface area contributed by atoms with E-state index in [0.717, 1.165) is 21.3 Å². The molecule has 1 aliphatic heterocycles. The monoisotopic (exact) mass is 633 g/mol. The summed E-state index contributed by atoms with van der Waals surface area (Å²) in [7, 11) is 0. The van der Waals surface area contributed by atoms with Crippen LogP contribution in [0.15, 0.2) is 76.3 Å². The van der Waals surface area contributed by atoms with E-state index >= 15 is 4.39 Å². The summed E-state index contributed by atoms with van der Waals surface area (Å²) < 4.78 is 78.3. The number of halogens is 6. The van der Waals surface area contributed by atoms with Crippen LogP contribution in [0.2, 0.25) is 0 Å². The molecule has 1 amide bonds. The van der Waals surface area contributed by atoms with Crippen LogP contribution >= 0.6 is 11.9 Å². The Bertz CT molecular complexity index is 1840. The minimum Gasteiger partial charge on any atom is -0.382 e. The molecule has 0 unspecified atom stereocenters. The smallest absolute Gasteiger partial charge is 0.382 e. The van der Waals surface area contributed by atoms with Gasteiger partial charge in [0.2, 0.25) is 5.91 Å². The minimum atomic E-state index is -4.96. The third kappa shape index (κ3) is 5.73. The normalized spacial score (nSPS) is 14.2. The minimum absolute atomic E-state index is 0.209. The molecule has 4 aromatic rings. The van der Waals surface area contributed by atoms with Crippen molar-refractivity contribution in [3.8, 4) is 16.9 Å². The molecule has 13 heteroatoms. The Morgan fingerprint density at radius 3 is 2.27 bits per heavy atom. The zero-order chi connectivity index (χ0) is 31.8. The van der Waals surface area contributed by atoms with Gasteiger partial charge in [-0.3, -0.25) is 18.7 Å². The van der Waals surface area contributed by atoms with Crippen LogP contribution in [0.1, 0.15) is 41.3 Å². The molecule has 1 aromatic heterocycles. The molecule has 0 N–H and O–H groups in total. The lowest BCUT2D eigenvalue weighted by molar-refractivity contribution is -0.138. The van der Waals surface area contributed by atoms with E-state index in [1.807, 2.05) is 0 Å². The number of amides is 1. The lowest BCUT2D eigenvalue weighted by atomic mass is 10.0. The Kier molecular flexibility index (Phi) is 8.64. The molecule has 0 radical (unpaired) electrons. The van der Waals surface area contributed by atoms with Crippen molar-refractivity contribution in [3.63, 3.8) is 0 Å². The van der Waals surface area contributed by atoms with E-state index in [1.54, 1.807) is 30.3 Å². The van der Waals surface area contributed by atoms with Crippen molar-refractivity contribution in [1.82, 2.24) is 14.0 Å². The van der Waals surface area contributed by atoms with Crippen molar-refractivity contribution in [3.05, 3.63) is 122 Å². The number of carbonyl (C=O) groups is 1. The Labute approximate surface area is 252 Å². The first-order valence-corrected chi connectivity index (χ1v) is 13.9. The van der Waals surface area contributed by atoms with Crippen LogP contribution in [-0.4, -0.2) is 26.5 Å². The number of nitrogens with zero attached hydrogens (tertiary/aromatic N) is 3. The average Bonchev–Trinajstić information content (AvgIpc) is 3.42. The predicted molar refractivity (Wildman–Crippen MR) is 152 cm³/mol. The number of carbonyl (C=O) groups excluding carboxylic acids is 1. The molecule has 1 fully saturated rings. The summed E-state index contributed by atoms with van der Waals surface area (Å²) in [6, 6.07) is 13.9. The zero-order valence-electron chi connectivity index (χ0n) is 23.2. The van der Waals surface area contributed by atoms with E-state index in [9.17, 15) is 31.9 Å². The Balaban J connectivity index is 1.78. The molecular formula is C31H25ClF5N3O4. The maximum Gasteiger partial charge on any atom is 0.416 e. The first-order chi connectivity index (χ1) is 20.9. The van der Waals surface area contributed by atoms with Gasteiger partial charge in [-0.2, -0.15) is 13.2 Å². The van der Waals surface area contributed by atoms with Crippen LogP contribution in [0.5, 0.6) is 5.75 Å². The zero-order valence-corrected chi connectivity index (χ0v) is 24.0. The maximum absolute atomic E-state index is 15.5. The second-order valence-electron chi connectivity index (χ2n) is 10.3. The van der Waals surface area contributed by atoms with Gasteiger partial charge < -0.3 is 9.19 Å². The number of likely N-dealkylation sites (tertiary alicyclic amines) is 1. The largest absolute Gasteiger partial charge is 0.416 e. The molecule has 0 aliphatic carbocycles. The van der Waals surface area contributed by atoms with Gasteiger partial charge in [0.1, 0.15) is 17.7 Å². The number of alkyl halides is 3. The predicted octanol–water partition coefficient (Wildman–Crippen LogP) is 6.23. The standard InChI is InChI=1S/C31H25ClF5N3O4/c1-18-27(20-10-5-13-25(44-32)28(20)34)29(42)40(17-24(19-8-3-2-4-9-19)38-15-7-14-26(38)41)30(43)39(18)16-21-22(31(35,36)37)11-6-12-23(21)33/h2-6,8-13,24H,7,14-17H2,1H3/t24-/m0/s1.